The molecule has 1 saturated heterocycles. The van der Waals surface area contributed by atoms with E-state index in [1.54, 1.807) is 12.1 Å². The van der Waals surface area contributed by atoms with Crippen LogP contribution in [0.15, 0.2) is 54.6 Å². The van der Waals surface area contributed by atoms with Crippen LogP contribution < -0.4 is 9.64 Å². The summed E-state index contributed by atoms with van der Waals surface area (Å²) in [5, 5.41) is 1.07. The first-order valence-corrected chi connectivity index (χ1v) is 10.1. The highest BCUT2D eigenvalue weighted by Crippen LogP contribution is 2.29. The minimum Gasteiger partial charge on any atom is -0.487 e. The highest BCUT2D eigenvalue weighted by atomic mass is 16.5. The van der Waals surface area contributed by atoms with E-state index in [9.17, 15) is 4.79 Å². The monoisotopic (exact) mass is 390 g/mol. The zero-order chi connectivity index (χ0) is 20.2. The van der Waals surface area contributed by atoms with Crippen LogP contribution in [0.4, 0.5) is 5.82 Å². The van der Waals surface area contributed by atoms with Crippen molar-refractivity contribution in [1.82, 2.24) is 4.98 Å². The van der Waals surface area contributed by atoms with Gasteiger partial charge < -0.3 is 14.4 Å². The Hall–Kier alpha value is -3.08. The molecule has 0 amide bonds. The molecule has 0 bridgehead atoms. The van der Waals surface area contributed by atoms with E-state index in [1.165, 1.54) is 26.4 Å². The summed E-state index contributed by atoms with van der Waals surface area (Å²) in [6, 6.07) is 18.0. The Kier molecular flexibility index (Phi) is 5.65. The largest absolute Gasteiger partial charge is 0.487 e. The number of rotatable bonds is 5. The Morgan fingerprint density at radius 3 is 2.69 bits per heavy atom. The molecule has 2 aromatic carbocycles. The zero-order valence-corrected chi connectivity index (χ0v) is 16.9. The lowest BCUT2D eigenvalue weighted by Crippen LogP contribution is -2.37. The molecule has 5 heteroatoms. The first kappa shape index (κ1) is 19.2. The molecule has 0 radical (unpaired) electrons. The number of carbonyl (C=O) groups is 1. The number of nitrogens with zero attached hydrogens (tertiary/aromatic N) is 2. The van der Waals surface area contributed by atoms with Crippen molar-refractivity contribution in [3.63, 3.8) is 0 Å². The van der Waals surface area contributed by atoms with E-state index >= 15 is 0 Å². The number of hydrogen-bond donors (Lipinski definition) is 0. The first-order valence-electron chi connectivity index (χ1n) is 10.1. The molecule has 0 saturated carbocycles. The number of aromatic nitrogens is 1. The number of carbonyl (C=O) groups excluding carboxylic acids is 1. The summed E-state index contributed by atoms with van der Waals surface area (Å²) in [5.74, 6) is 1.45. The maximum absolute atomic E-state index is 11.6. The van der Waals surface area contributed by atoms with E-state index in [1.807, 2.05) is 24.3 Å². The Balaban J connectivity index is 1.55. The summed E-state index contributed by atoms with van der Waals surface area (Å²) in [6.07, 6.45) is 3.71. The number of piperidine rings is 1. The van der Waals surface area contributed by atoms with Crippen LogP contribution in [0.2, 0.25) is 0 Å². The summed E-state index contributed by atoms with van der Waals surface area (Å²) in [5.41, 5.74) is 2.40. The topological polar surface area (TPSA) is 51.7 Å². The van der Waals surface area contributed by atoms with Crippen molar-refractivity contribution in [3.05, 3.63) is 65.7 Å². The van der Waals surface area contributed by atoms with Crippen LogP contribution in [0.5, 0.6) is 5.75 Å². The average Bonchev–Trinajstić information content (AvgIpc) is 2.77. The van der Waals surface area contributed by atoms with Gasteiger partial charge in [-0.3, -0.25) is 0 Å². The van der Waals surface area contributed by atoms with Crippen LogP contribution in [0, 0.1) is 0 Å². The molecule has 4 rings (SSSR count). The maximum atomic E-state index is 11.6. The van der Waals surface area contributed by atoms with Crippen LogP contribution in [-0.2, 0) is 11.3 Å². The van der Waals surface area contributed by atoms with E-state index in [0.717, 1.165) is 34.6 Å². The van der Waals surface area contributed by atoms with Gasteiger partial charge >= 0.3 is 5.97 Å². The molecule has 2 heterocycles. The van der Waals surface area contributed by atoms with Gasteiger partial charge in [0.2, 0.25) is 0 Å². The number of anilines is 1. The molecule has 1 aliphatic heterocycles. The Morgan fingerprint density at radius 1 is 1.10 bits per heavy atom. The van der Waals surface area contributed by atoms with Gasteiger partial charge in [-0.1, -0.05) is 24.3 Å². The minimum absolute atomic E-state index is 0.338. The SMILES string of the molecule is COC(=O)c1ccc(COc2cccc3ccc(N4CCCCC4C)nc23)cc1. The lowest BCUT2D eigenvalue weighted by Gasteiger charge is -2.34. The fraction of sp³-hybridized carbons (Fsp3) is 0.333. The smallest absolute Gasteiger partial charge is 0.337 e. The summed E-state index contributed by atoms with van der Waals surface area (Å²) in [4.78, 5) is 18.9. The standard InChI is InChI=1S/C24H26N2O3/c1-17-6-3-4-15-26(17)22-14-13-19-7-5-8-21(23(19)25-22)29-16-18-9-11-20(12-10-18)24(27)28-2/h5,7-14,17H,3-4,6,15-16H2,1-2H3. The molecule has 0 aliphatic carbocycles. The van der Waals surface area contributed by atoms with Crippen molar-refractivity contribution < 1.29 is 14.3 Å². The lowest BCUT2D eigenvalue weighted by atomic mass is 10.0. The Morgan fingerprint density at radius 2 is 1.93 bits per heavy atom. The summed E-state index contributed by atoms with van der Waals surface area (Å²) >= 11 is 0. The highest BCUT2D eigenvalue weighted by molar-refractivity contribution is 5.89. The molecule has 1 atom stereocenters. The van der Waals surface area contributed by atoms with Gasteiger partial charge in [0.15, 0.2) is 0 Å². The molecule has 1 aliphatic rings. The number of hydrogen-bond acceptors (Lipinski definition) is 5. The fourth-order valence-corrected chi connectivity index (χ4v) is 3.84. The fourth-order valence-electron chi connectivity index (χ4n) is 3.84. The van der Waals surface area contributed by atoms with Gasteiger partial charge in [-0.05, 0) is 62.1 Å². The van der Waals surface area contributed by atoms with Gasteiger partial charge in [-0.25, -0.2) is 9.78 Å². The van der Waals surface area contributed by atoms with Crippen molar-refractivity contribution in [1.29, 1.82) is 0 Å². The van der Waals surface area contributed by atoms with Crippen LogP contribution in [0.3, 0.4) is 0 Å². The number of methoxy groups -OCH3 is 1. The molecule has 1 fully saturated rings. The molecular weight excluding hydrogens is 364 g/mol. The zero-order valence-electron chi connectivity index (χ0n) is 16.9. The van der Waals surface area contributed by atoms with E-state index in [-0.39, 0.29) is 5.97 Å². The van der Waals surface area contributed by atoms with E-state index in [2.05, 4.69) is 30.0 Å². The number of ether oxygens (including phenoxy) is 2. The normalized spacial score (nSPS) is 16.6. The minimum atomic E-state index is -0.338. The number of para-hydroxylation sites is 1. The molecule has 0 spiro atoms. The highest BCUT2D eigenvalue weighted by Gasteiger charge is 2.20. The molecule has 29 heavy (non-hydrogen) atoms. The second kappa shape index (κ2) is 8.52. The molecule has 1 aromatic heterocycles. The van der Waals surface area contributed by atoms with Gasteiger partial charge in [0, 0.05) is 18.0 Å². The third kappa shape index (κ3) is 4.19. The third-order valence-corrected chi connectivity index (χ3v) is 5.54. The van der Waals surface area contributed by atoms with Gasteiger partial charge in [0.25, 0.3) is 0 Å². The van der Waals surface area contributed by atoms with Gasteiger partial charge in [-0.15, -0.1) is 0 Å². The maximum Gasteiger partial charge on any atom is 0.337 e. The van der Waals surface area contributed by atoms with Crippen LogP contribution in [-0.4, -0.2) is 30.6 Å². The second-order valence-electron chi connectivity index (χ2n) is 7.51. The van der Waals surface area contributed by atoms with Gasteiger partial charge in [-0.2, -0.15) is 0 Å². The number of pyridine rings is 1. The van der Waals surface area contributed by atoms with Crippen molar-refractivity contribution in [2.24, 2.45) is 0 Å². The predicted octanol–water partition coefficient (Wildman–Crippen LogP) is 4.98. The molecule has 5 nitrogen and oxygen atoms in total. The Bertz CT molecular complexity index is 1000. The lowest BCUT2D eigenvalue weighted by molar-refractivity contribution is 0.0600. The summed E-state index contributed by atoms with van der Waals surface area (Å²) in [6.45, 7) is 3.73. The molecule has 150 valence electrons. The van der Waals surface area contributed by atoms with Crippen molar-refractivity contribution in [3.8, 4) is 5.75 Å². The molecular formula is C24H26N2O3. The number of benzene rings is 2. The summed E-state index contributed by atoms with van der Waals surface area (Å²) in [7, 11) is 1.38. The van der Waals surface area contributed by atoms with E-state index in [4.69, 9.17) is 14.5 Å². The summed E-state index contributed by atoms with van der Waals surface area (Å²) < 4.78 is 10.8. The van der Waals surface area contributed by atoms with Crippen LogP contribution in [0.1, 0.15) is 42.1 Å². The van der Waals surface area contributed by atoms with E-state index < -0.39 is 0 Å². The number of fused-ring (bicyclic) bond motifs is 1. The molecule has 1 unspecified atom stereocenters. The van der Waals surface area contributed by atoms with Crippen molar-refractivity contribution in [2.45, 2.75) is 38.8 Å². The van der Waals surface area contributed by atoms with Gasteiger partial charge in [0.1, 0.15) is 23.7 Å². The van der Waals surface area contributed by atoms with Crippen molar-refractivity contribution in [2.75, 3.05) is 18.6 Å². The average molecular weight is 390 g/mol. The Labute approximate surface area is 171 Å². The van der Waals surface area contributed by atoms with Crippen LogP contribution in [0.25, 0.3) is 10.9 Å². The second-order valence-corrected chi connectivity index (χ2v) is 7.51. The first-order chi connectivity index (χ1) is 14.2. The third-order valence-electron chi connectivity index (χ3n) is 5.54. The van der Waals surface area contributed by atoms with Crippen LogP contribution >= 0.6 is 0 Å². The number of esters is 1. The van der Waals surface area contributed by atoms with E-state index in [0.29, 0.717) is 18.2 Å². The quantitative estimate of drug-likeness (QED) is 0.575. The predicted molar refractivity (Wildman–Crippen MR) is 115 cm³/mol. The van der Waals surface area contributed by atoms with Gasteiger partial charge in [0.05, 0.1) is 12.7 Å². The molecule has 0 N–H and O–H groups in total. The van der Waals surface area contributed by atoms with Crippen molar-refractivity contribution >= 4 is 22.7 Å². The molecule has 3 aromatic rings.